The average molecular weight is 281 g/mol. The van der Waals surface area contributed by atoms with Gasteiger partial charge in [-0.2, -0.15) is 0 Å². The number of benzene rings is 1. The molecule has 3 N–H and O–H groups in total. The highest BCUT2D eigenvalue weighted by Crippen LogP contribution is 2.30. The summed E-state index contributed by atoms with van der Waals surface area (Å²) in [6.07, 6.45) is -0.0309. The maximum atomic E-state index is 11.5. The van der Waals surface area contributed by atoms with Crippen LogP contribution in [0.2, 0.25) is 0 Å². The molecule has 0 aliphatic carbocycles. The summed E-state index contributed by atoms with van der Waals surface area (Å²) in [6, 6.07) is 7.61. The first-order valence-corrected chi connectivity index (χ1v) is 6.75. The highest BCUT2D eigenvalue weighted by molar-refractivity contribution is 5.76. The third-order valence-corrected chi connectivity index (χ3v) is 2.96. The summed E-state index contributed by atoms with van der Waals surface area (Å²) in [7, 11) is 1.61. The van der Waals surface area contributed by atoms with Gasteiger partial charge in [0.05, 0.1) is 6.61 Å². The Bertz CT molecular complexity index is 439. The Hall–Kier alpha value is -1.79. The molecule has 6 nitrogen and oxygen atoms in total. The Balaban J connectivity index is 1.65. The fourth-order valence-electron chi connectivity index (χ4n) is 1.94. The summed E-state index contributed by atoms with van der Waals surface area (Å²) in [6.45, 7) is 2.65. The Labute approximate surface area is 118 Å². The molecule has 1 aromatic rings. The number of para-hydroxylation sites is 2. The molecule has 1 aliphatic rings. The molecule has 6 heteroatoms. The number of ether oxygens (including phenoxy) is 3. The second-order valence-corrected chi connectivity index (χ2v) is 4.57. The Kier molecular flexibility index (Phi) is 5.64. The highest BCUT2D eigenvalue weighted by atomic mass is 16.6. The van der Waals surface area contributed by atoms with Crippen LogP contribution in [0.4, 0.5) is 0 Å². The highest BCUT2D eigenvalue weighted by Gasteiger charge is 2.22. The van der Waals surface area contributed by atoms with Crippen molar-refractivity contribution in [3.63, 3.8) is 0 Å². The van der Waals surface area contributed by atoms with Crippen molar-refractivity contribution in [1.29, 1.82) is 0 Å². The predicted molar refractivity (Wildman–Crippen MR) is 72.9 cm³/mol. The number of hydrogen-bond donors (Lipinski definition) is 2. The summed E-state index contributed by atoms with van der Waals surface area (Å²) in [5, 5.41) is 4.69. The van der Waals surface area contributed by atoms with Crippen LogP contribution >= 0.6 is 0 Å². The first kappa shape index (κ1) is 14.6. The number of carbonyl (C=O) groups excluding carboxylic acids is 1. The number of nitrogens with two attached hydrogens (primary N) is 1. The van der Waals surface area contributed by atoms with Gasteiger partial charge in [0, 0.05) is 13.7 Å². The normalized spacial score (nSPS) is 16.8. The van der Waals surface area contributed by atoms with Crippen LogP contribution in [0.3, 0.4) is 0 Å². The van der Waals surface area contributed by atoms with Gasteiger partial charge in [-0.3, -0.25) is 4.79 Å². The minimum absolute atomic E-state index is 0.000761. The number of methoxy groups -OCH3 is 1. The van der Waals surface area contributed by atoms with Crippen LogP contribution in [0.25, 0.3) is 0 Å². The van der Waals surface area contributed by atoms with Crippen LogP contribution in [-0.4, -0.2) is 52.0 Å². The van der Waals surface area contributed by atoms with Crippen molar-refractivity contribution in [3.8, 4) is 11.5 Å². The molecule has 1 atom stereocenters. The summed E-state index contributed by atoms with van der Waals surface area (Å²) in [5.41, 5.74) is 0. The van der Waals surface area contributed by atoms with E-state index >= 15 is 0 Å². The minimum atomic E-state index is -0.0309. The minimum Gasteiger partial charge on any atom is -0.486 e. The second kappa shape index (κ2) is 7.72. The van der Waals surface area contributed by atoms with E-state index in [1.807, 2.05) is 29.6 Å². The van der Waals surface area contributed by atoms with Crippen LogP contribution in [-0.2, 0) is 9.53 Å². The molecule has 0 saturated carbocycles. The molecule has 0 radical (unpaired) electrons. The van der Waals surface area contributed by atoms with Crippen molar-refractivity contribution in [1.82, 2.24) is 5.32 Å². The van der Waals surface area contributed by atoms with Gasteiger partial charge in [-0.25, -0.2) is 0 Å². The monoisotopic (exact) mass is 281 g/mol. The molecule has 1 amide bonds. The lowest BCUT2D eigenvalue weighted by Gasteiger charge is -2.25. The summed E-state index contributed by atoms with van der Waals surface area (Å²) in [4.78, 5) is 11.5. The zero-order chi connectivity index (χ0) is 14.2. The van der Waals surface area contributed by atoms with E-state index in [1.165, 1.54) is 0 Å². The zero-order valence-corrected chi connectivity index (χ0v) is 11.6. The van der Waals surface area contributed by atoms with E-state index in [9.17, 15) is 4.79 Å². The van der Waals surface area contributed by atoms with Gasteiger partial charge in [-0.15, -0.1) is 0 Å². The maximum absolute atomic E-state index is 11.5. The number of quaternary nitrogens is 1. The molecule has 1 aliphatic heterocycles. The van der Waals surface area contributed by atoms with Crippen molar-refractivity contribution < 1.29 is 24.3 Å². The van der Waals surface area contributed by atoms with Gasteiger partial charge in [0.1, 0.15) is 13.2 Å². The number of hydrogen-bond acceptors (Lipinski definition) is 4. The summed E-state index contributed by atoms with van der Waals surface area (Å²) in [5.74, 6) is 1.54. The van der Waals surface area contributed by atoms with E-state index in [0.717, 1.165) is 11.5 Å². The molecule has 0 bridgehead atoms. The van der Waals surface area contributed by atoms with Crippen LogP contribution in [0.15, 0.2) is 24.3 Å². The molecule has 110 valence electrons. The molecule has 2 rings (SSSR count). The van der Waals surface area contributed by atoms with Crippen molar-refractivity contribution in [2.45, 2.75) is 6.10 Å². The Morgan fingerprint density at radius 3 is 3.05 bits per heavy atom. The lowest BCUT2D eigenvalue weighted by atomic mass is 10.2. The topological polar surface area (TPSA) is 73.4 Å². The number of fused-ring (bicyclic) bond motifs is 1. The van der Waals surface area contributed by atoms with E-state index in [2.05, 4.69) is 5.32 Å². The molecule has 0 unspecified atom stereocenters. The number of rotatable bonds is 7. The molecular formula is C14H21N2O4+. The van der Waals surface area contributed by atoms with Crippen LogP contribution in [0.5, 0.6) is 11.5 Å². The predicted octanol–water partition coefficient (Wildman–Crippen LogP) is -0.848. The summed E-state index contributed by atoms with van der Waals surface area (Å²) >= 11 is 0. The van der Waals surface area contributed by atoms with E-state index in [4.69, 9.17) is 14.2 Å². The average Bonchev–Trinajstić information content (AvgIpc) is 2.47. The van der Waals surface area contributed by atoms with Crippen molar-refractivity contribution in [2.75, 3.05) is 40.0 Å². The second-order valence-electron chi connectivity index (χ2n) is 4.57. The van der Waals surface area contributed by atoms with E-state index in [-0.39, 0.29) is 12.0 Å². The van der Waals surface area contributed by atoms with Crippen molar-refractivity contribution in [3.05, 3.63) is 24.3 Å². The SMILES string of the molecule is COCCNC(=O)C[NH2+]C[C@H]1COc2ccccc2O1. The van der Waals surface area contributed by atoms with E-state index < -0.39 is 0 Å². The standard InChI is InChI=1S/C14H20N2O4/c1-18-7-6-16-14(17)9-15-8-11-10-19-12-4-2-3-5-13(12)20-11/h2-5,11,15H,6-10H2,1H3,(H,16,17)/p+1/t11-/m0/s1. The van der Waals surface area contributed by atoms with Gasteiger partial charge in [0.2, 0.25) is 0 Å². The van der Waals surface area contributed by atoms with Gasteiger partial charge in [-0.05, 0) is 12.1 Å². The summed E-state index contributed by atoms with van der Waals surface area (Å²) < 4.78 is 16.3. The van der Waals surface area contributed by atoms with Crippen LogP contribution in [0, 0.1) is 0 Å². The largest absolute Gasteiger partial charge is 0.486 e. The quantitative estimate of drug-likeness (QED) is 0.639. The molecule has 0 saturated heterocycles. The van der Waals surface area contributed by atoms with Gasteiger partial charge in [-0.1, -0.05) is 12.1 Å². The van der Waals surface area contributed by atoms with E-state index in [1.54, 1.807) is 7.11 Å². The molecule has 1 heterocycles. The Morgan fingerprint density at radius 1 is 1.45 bits per heavy atom. The third-order valence-electron chi connectivity index (χ3n) is 2.96. The first-order chi connectivity index (χ1) is 9.79. The van der Waals surface area contributed by atoms with E-state index in [0.29, 0.717) is 32.8 Å². The van der Waals surface area contributed by atoms with Crippen LogP contribution < -0.4 is 20.1 Å². The lowest BCUT2D eigenvalue weighted by Crippen LogP contribution is -2.89. The fourth-order valence-corrected chi connectivity index (χ4v) is 1.94. The maximum Gasteiger partial charge on any atom is 0.275 e. The number of nitrogens with one attached hydrogen (secondary N) is 1. The number of carbonyl (C=O) groups is 1. The van der Waals surface area contributed by atoms with Gasteiger partial charge >= 0.3 is 0 Å². The third kappa shape index (κ3) is 4.40. The molecular weight excluding hydrogens is 260 g/mol. The zero-order valence-electron chi connectivity index (χ0n) is 11.6. The van der Waals surface area contributed by atoms with Crippen LogP contribution in [0.1, 0.15) is 0 Å². The number of amides is 1. The molecule has 0 aromatic heterocycles. The van der Waals surface area contributed by atoms with Crippen molar-refractivity contribution >= 4 is 5.91 Å². The molecule has 20 heavy (non-hydrogen) atoms. The van der Waals surface area contributed by atoms with Gasteiger partial charge in [0.25, 0.3) is 5.91 Å². The smallest absolute Gasteiger partial charge is 0.275 e. The molecule has 0 spiro atoms. The lowest BCUT2D eigenvalue weighted by molar-refractivity contribution is -0.649. The fraction of sp³-hybridized carbons (Fsp3) is 0.500. The van der Waals surface area contributed by atoms with Gasteiger partial charge < -0.3 is 24.8 Å². The van der Waals surface area contributed by atoms with Crippen molar-refractivity contribution in [2.24, 2.45) is 0 Å². The Morgan fingerprint density at radius 2 is 2.25 bits per heavy atom. The molecule has 0 fully saturated rings. The first-order valence-electron chi connectivity index (χ1n) is 6.75. The van der Waals surface area contributed by atoms with Gasteiger partial charge in [0.15, 0.2) is 24.1 Å². The molecule has 1 aromatic carbocycles.